The number of nitrogens with one attached hydrogen (secondary N) is 4. The summed E-state index contributed by atoms with van der Waals surface area (Å²) in [6.07, 6.45) is 2.00. The number of anilines is 4. The van der Waals surface area contributed by atoms with E-state index in [-0.39, 0.29) is 30.3 Å². The summed E-state index contributed by atoms with van der Waals surface area (Å²) in [5.41, 5.74) is 0.351. The number of imidazole rings is 1. The second kappa shape index (κ2) is 16.2. The summed E-state index contributed by atoms with van der Waals surface area (Å²) in [6, 6.07) is 7.81. The molecule has 2 fully saturated rings. The number of ether oxygens (including phenoxy) is 2. The van der Waals surface area contributed by atoms with E-state index < -0.39 is 52.0 Å². The van der Waals surface area contributed by atoms with E-state index in [2.05, 4.69) is 25.9 Å². The second-order valence-electron chi connectivity index (χ2n) is 11.0. The smallest absolute Gasteiger partial charge is 0.414 e. The van der Waals surface area contributed by atoms with Crippen LogP contribution in [0.15, 0.2) is 48.8 Å². The van der Waals surface area contributed by atoms with Crippen LogP contribution in [0.25, 0.3) is 0 Å². The summed E-state index contributed by atoms with van der Waals surface area (Å²) in [7, 11) is -2.32. The predicted molar refractivity (Wildman–Crippen MR) is 190 cm³/mol. The van der Waals surface area contributed by atoms with Gasteiger partial charge in [-0.1, -0.05) is 24.4 Å². The predicted octanol–water partition coefficient (Wildman–Crippen LogP) is 3.55. The SMILES string of the molecule is CC(=S)NC[C@H]1CN(c2ccc(C(=O)Nc3ncc[nH]3)c(F)c2)C(=O)O1.CC(=S)NC[C@H]1CN(c2ccc(N(C)S(C)(=O)=O)c(F)c2)C(=O)O1. The van der Waals surface area contributed by atoms with E-state index in [9.17, 15) is 31.6 Å². The van der Waals surface area contributed by atoms with Gasteiger partial charge in [0, 0.05) is 19.4 Å². The standard InChI is InChI=1S/C16H16FN5O3S.C14H18FN3O4S2/c1-9(26)20-7-11-8-22(16(24)25-11)10-2-3-12(13(17)6-10)14(23)21-15-18-4-5-19-15;1-9(23)16-7-11-8-18(14(19)22-11)10-4-5-13(12(15)6-10)17(2)24(3,20)21/h2-6,11H,7-8H2,1H3,(H,20,26)(H2,18,19,21,23);4-6,11H,7-8H2,1-3H3,(H,16,23)/t2*11-/m00/s1. The molecule has 268 valence electrons. The van der Waals surface area contributed by atoms with Gasteiger partial charge in [-0.05, 0) is 50.2 Å². The third-order valence-corrected chi connectivity index (χ3v) is 8.70. The summed E-state index contributed by atoms with van der Waals surface area (Å²) >= 11 is 9.82. The number of carbonyl (C=O) groups excluding carboxylic acids is 3. The molecule has 0 saturated carbocycles. The van der Waals surface area contributed by atoms with Crippen LogP contribution in [0.4, 0.5) is 41.4 Å². The molecule has 3 heterocycles. The van der Waals surface area contributed by atoms with E-state index in [4.69, 9.17) is 33.9 Å². The Morgan fingerprint density at radius 2 is 1.48 bits per heavy atom. The number of nitrogens with zero attached hydrogens (tertiary/aromatic N) is 4. The van der Waals surface area contributed by atoms with E-state index in [1.165, 1.54) is 53.5 Å². The molecule has 15 nitrogen and oxygen atoms in total. The summed E-state index contributed by atoms with van der Waals surface area (Å²) in [4.78, 5) is 46.3. The molecule has 0 aliphatic carbocycles. The van der Waals surface area contributed by atoms with Crippen molar-refractivity contribution in [3.8, 4) is 0 Å². The highest BCUT2D eigenvalue weighted by Crippen LogP contribution is 2.28. The zero-order valence-electron chi connectivity index (χ0n) is 27.2. The lowest BCUT2D eigenvalue weighted by Crippen LogP contribution is -2.32. The van der Waals surface area contributed by atoms with Gasteiger partial charge in [-0.3, -0.25) is 24.2 Å². The van der Waals surface area contributed by atoms with Crippen LogP contribution in [-0.2, 0) is 19.5 Å². The van der Waals surface area contributed by atoms with Gasteiger partial charge in [0.25, 0.3) is 5.91 Å². The molecule has 2 aromatic carbocycles. The summed E-state index contributed by atoms with van der Waals surface area (Å²) in [5, 5.41) is 8.28. The van der Waals surface area contributed by atoms with Crippen molar-refractivity contribution in [2.24, 2.45) is 0 Å². The Morgan fingerprint density at radius 3 is 1.92 bits per heavy atom. The molecule has 0 radical (unpaired) electrons. The highest BCUT2D eigenvalue weighted by Gasteiger charge is 2.34. The molecule has 2 aliphatic heterocycles. The lowest BCUT2D eigenvalue weighted by atomic mass is 10.1. The van der Waals surface area contributed by atoms with Crippen LogP contribution in [0.3, 0.4) is 0 Å². The Kier molecular flexibility index (Phi) is 12.2. The van der Waals surface area contributed by atoms with Crippen molar-refractivity contribution in [3.05, 3.63) is 66.0 Å². The monoisotopic (exact) mass is 752 g/mol. The Bertz CT molecular complexity index is 1880. The van der Waals surface area contributed by atoms with Gasteiger partial charge in [-0.25, -0.2) is 31.8 Å². The van der Waals surface area contributed by atoms with Crippen molar-refractivity contribution in [3.63, 3.8) is 0 Å². The fourth-order valence-electron chi connectivity index (χ4n) is 4.65. The zero-order chi connectivity index (χ0) is 36.7. The van der Waals surface area contributed by atoms with E-state index in [1.807, 2.05) is 0 Å². The highest BCUT2D eigenvalue weighted by atomic mass is 32.2. The fraction of sp³-hybridized carbons (Fsp3) is 0.333. The number of H-pyrrole nitrogens is 1. The average Bonchev–Trinajstić information content (AvgIpc) is 3.78. The quantitative estimate of drug-likeness (QED) is 0.222. The number of hydrogen-bond donors (Lipinski definition) is 4. The van der Waals surface area contributed by atoms with Crippen molar-refractivity contribution in [2.75, 3.05) is 58.9 Å². The number of halogens is 2. The maximum atomic E-state index is 14.4. The Labute approximate surface area is 297 Å². The average molecular weight is 753 g/mol. The highest BCUT2D eigenvalue weighted by molar-refractivity contribution is 7.92. The first-order chi connectivity index (χ1) is 23.5. The fourth-order valence-corrected chi connectivity index (χ4v) is 5.33. The third kappa shape index (κ3) is 9.82. The Morgan fingerprint density at radius 1 is 0.960 bits per heavy atom. The number of amides is 3. The minimum atomic E-state index is -3.58. The normalized spacial score (nSPS) is 16.9. The Balaban J connectivity index is 0.000000226. The molecule has 3 aromatic rings. The first kappa shape index (κ1) is 37.9. The minimum Gasteiger partial charge on any atom is -0.442 e. The second-order valence-corrected chi connectivity index (χ2v) is 14.3. The number of sulfonamides is 1. The van der Waals surface area contributed by atoms with Gasteiger partial charge in [0.05, 0.1) is 65.0 Å². The number of aromatic nitrogens is 2. The topological polar surface area (TPSA) is 178 Å². The number of benzene rings is 2. The Hall–Kier alpha value is -4.95. The summed E-state index contributed by atoms with van der Waals surface area (Å²) in [6.45, 7) is 4.70. The van der Waals surface area contributed by atoms with E-state index in [0.717, 1.165) is 22.7 Å². The van der Waals surface area contributed by atoms with Gasteiger partial charge in [0.1, 0.15) is 23.8 Å². The first-order valence-corrected chi connectivity index (χ1v) is 17.5. The van der Waals surface area contributed by atoms with Crippen LogP contribution in [0.1, 0.15) is 24.2 Å². The number of carbonyl (C=O) groups is 3. The molecule has 4 N–H and O–H groups in total. The molecule has 20 heteroatoms. The molecular formula is C30H34F2N8O7S3. The summed E-state index contributed by atoms with van der Waals surface area (Å²) < 4.78 is 62.9. The van der Waals surface area contributed by atoms with Gasteiger partial charge < -0.3 is 25.1 Å². The van der Waals surface area contributed by atoms with Crippen LogP contribution in [-0.4, -0.2) is 98.1 Å². The van der Waals surface area contributed by atoms with Crippen LogP contribution in [0.5, 0.6) is 0 Å². The van der Waals surface area contributed by atoms with Crippen molar-refractivity contribution in [1.29, 1.82) is 0 Å². The molecule has 1 aromatic heterocycles. The molecular weight excluding hydrogens is 719 g/mol. The van der Waals surface area contributed by atoms with Crippen molar-refractivity contribution < 1.29 is 41.1 Å². The number of aromatic amines is 1. The van der Waals surface area contributed by atoms with Crippen molar-refractivity contribution in [2.45, 2.75) is 26.1 Å². The van der Waals surface area contributed by atoms with Gasteiger partial charge in [0.15, 0.2) is 0 Å². The lowest BCUT2D eigenvalue weighted by molar-refractivity contribution is 0.102. The summed E-state index contributed by atoms with van der Waals surface area (Å²) in [5.74, 6) is -1.93. The molecule has 2 saturated heterocycles. The third-order valence-electron chi connectivity index (χ3n) is 7.22. The maximum absolute atomic E-state index is 14.4. The molecule has 2 aliphatic rings. The molecule has 3 amide bonds. The zero-order valence-corrected chi connectivity index (χ0v) is 29.7. The number of cyclic esters (lactones) is 2. The lowest BCUT2D eigenvalue weighted by Gasteiger charge is -2.19. The van der Waals surface area contributed by atoms with Gasteiger partial charge in [-0.2, -0.15) is 0 Å². The van der Waals surface area contributed by atoms with Gasteiger partial charge in [0.2, 0.25) is 16.0 Å². The molecule has 50 heavy (non-hydrogen) atoms. The van der Waals surface area contributed by atoms with Gasteiger partial charge >= 0.3 is 12.2 Å². The maximum Gasteiger partial charge on any atom is 0.414 e. The van der Waals surface area contributed by atoms with Crippen LogP contribution in [0, 0.1) is 11.6 Å². The first-order valence-electron chi connectivity index (χ1n) is 14.8. The largest absolute Gasteiger partial charge is 0.442 e. The van der Waals surface area contributed by atoms with E-state index in [0.29, 0.717) is 34.4 Å². The van der Waals surface area contributed by atoms with E-state index in [1.54, 1.807) is 13.8 Å². The molecule has 5 rings (SSSR count). The number of hydrogen-bond acceptors (Lipinski definition) is 10. The van der Waals surface area contributed by atoms with E-state index >= 15 is 0 Å². The van der Waals surface area contributed by atoms with Gasteiger partial charge in [-0.15, -0.1) is 0 Å². The van der Waals surface area contributed by atoms with Crippen molar-refractivity contribution >= 4 is 85.5 Å². The van der Waals surface area contributed by atoms with Crippen LogP contribution < -0.4 is 30.1 Å². The molecule has 0 spiro atoms. The minimum absolute atomic E-state index is 0.0941. The van der Waals surface area contributed by atoms with Crippen molar-refractivity contribution in [1.82, 2.24) is 20.6 Å². The van der Waals surface area contributed by atoms with Crippen LogP contribution >= 0.6 is 24.4 Å². The molecule has 2 atom stereocenters. The molecule has 0 bridgehead atoms. The number of rotatable bonds is 10. The number of thiocarbonyl (C=S) groups is 2. The van der Waals surface area contributed by atoms with Crippen LogP contribution in [0.2, 0.25) is 0 Å². The molecule has 0 unspecified atom stereocenters.